The minimum atomic E-state index is -0.508. The summed E-state index contributed by atoms with van der Waals surface area (Å²) in [4.78, 5) is 24.9. The second-order valence-electron chi connectivity index (χ2n) is 6.02. The molecule has 1 aliphatic heterocycles. The predicted octanol–water partition coefficient (Wildman–Crippen LogP) is 5.94. The molecule has 0 spiro atoms. The Morgan fingerprint density at radius 3 is 2.64 bits per heavy atom. The second kappa shape index (κ2) is 7.62. The predicted molar refractivity (Wildman–Crippen MR) is 110 cm³/mol. The van der Waals surface area contributed by atoms with Gasteiger partial charge in [-0.1, -0.05) is 35.9 Å². The molecule has 4 nitrogen and oxygen atoms in total. The number of fused-ring (bicyclic) bond motifs is 1. The smallest absolute Gasteiger partial charge is 0.344 e. The van der Waals surface area contributed by atoms with Gasteiger partial charge in [0.1, 0.15) is 11.5 Å². The van der Waals surface area contributed by atoms with Gasteiger partial charge >= 0.3 is 5.97 Å². The molecule has 0 N–H and O–H groups in total. The third-order valence-corrected chi connectivity index (χ3v) is 5.02. The molecule has 0 fully saturated rings. The van der Waals surface area contributed by atoms with E-state index in [0.717, 1.165) is 5.56 Å². The highest BCUT2D eigenvalue weighted by Gasteiger charge is 2.28. The van der Waals surface area contributed by atoms with Crippen LogP contribution in [0.2, 0.25) is 5.02 Å². The molecule has 138 valence electrons. The van der Waals surface area contributed by atoms with Gasteiger partial charge in [0.05, 0.1) is 11.1 Å². The molecule has 0 saturated carbocycles. The molecular weight excluding hydrogens is 444 g/mol. The first-order valence-electron chi connectivity index (χ1n) is 8.32. The van der Waals surface area contributed by atoms with E-state index in [0.29, 0.717) is 26.4 Å². The maximum atomic E-state index is 12.5. The molecule has 0 unspecified atom stereocenters. The van der Waals surface area contributed by atoms with Gasteiger partial charge in [0, 0.05) is 15.6 Å². The molecular formula is C22H12BrClO4. The Balaban J connectivity index is 1.57. The minimum Gasteiger partial charge on any atom is -0.452 e. The lowest BCUT2D eigenvalue weighted by Gasteiger charge is -2.06. The minimum absolute atomic E-state index is 0.187. The zero-order valence-electron chi connectivity index (χ0n) is 14.3. The molecule has 3 aromatic rings. The standard InChI is InChI=1S/C22H12BrClO4/c23-18-7-2-1-6-16(18)22(26)27-15-8-9-17-19(12-15)28-20(21(17)25)11-13-4-3-5-14(24)10-13/h1-12H. The lowest BCUT2D eigenvalue weighted by atomic mass is 10.1. The van der Waals surface area contributed by atoms with Crippen molar-refractivity contribution in [1.82, 2.24) is 0 Å². The Hall–Kier alpha value is -2.89. The molecule has 28 heavy (non-hydrogen) atoms. The molecule has 1 aliphatic rings. The van der Waals surface area contributed by atoms with E-state index in [1.165, 1.54) is 6.07 Å². The highest BCUT2D eigenvalue weighted by atomic mass is 79.9. The van der Waals surface area contributed by atoms with Crippen LogP contribution in [0.4, 0.5) is 0 Å². The fourth-order valence-corrected chi connectivity index (χ4v) is 3.41. The molecule has 0 aromatic heterocycles. The van der Waals surface area contributed by atoms with Crippen molar-refractivity contribution >= 4 is 45.4 Å². The summed E-state index contributed by atoms with van der Waals surface area (Å²) in [6.45, 7) is 0. The van der Waals surface area contributed by atoms with Crippen LogP contribution in [0.1, 0.15) is 26.3 Å². The summed E-state index contributed by atoms with van der Waals surface area (Å²) < 4.78 is 11.7. The SMILES string of the molecule is O=C(Oc1ccc2c(c1)OC(=Cc1cccc(Cl)c1)C2=O)c1ccccc1Br. The first kappa shape index (κ1) is 18.5. The Morgan fingerprint density at radius 1 is 1.04 bits per heavy atom. The lowest BCUT2D eigenvalue weighted by Crippen LogP contribution is -2.09. The molecule has 0 bridgehead atoms. The monoisotopic (exact) mass is 454 g/mol. The van der Waals surface area contributed by atoms with E-state index in [1.807, 2.05) is 12.1 Å². The van der Waals surface area contributed by atoms with Gasteiger partial charge in [0.15, 0.2) is 5.76 Å². The van der Waals surface area contributed by atoms with Crippen LogP contribution in [0.25, 0.3) is 6.08 Å². The number of ketones is 1. The van der Waals surface area contributed by atoms with Crippen molar-refractivity contribution in [1.29, 1.82) is 0 Å². The van der Waals surface area contributed by atoms with E-state index in [1.54, 1.807) is 54.6 Å². The number of halogens is 2. The van der Waals surface area contributed by atoms with Crippen molar-refractivity contribution < 1.29 is 19.1 Å². The summed E-state index contributed by atoms with van der Waals surface area (Å²) in [5.41, 5.74) is 1.57. The largest absolute Gasteiger partial charge is 0.452 e. The van der Waals surface area contributed by atoms with Crippen molar-refractivity contribution in [3.05, 3.63) is 98.7 Å². The fourth-order valence-electron chi connectivity index (χ4n) is 2.77. The van der Waals surface area contributed by atoms with Crippen LogP contribution in [-0.2, 0) is 0 Å². The summed E-state index contributed by atoms with van der Waals surface area (Å²) in [7, 11) is 0. The zero-order valence-corrected chi connectivity index (χ0v) is 16.7. The summed E-state index contributed by atoms with van der Waals surface area (Å²) in [5.74, 6) is 0.0728. The summed E-state index contributed by atoms with van der Waals surface area (Å²) >= 11 is 9.31. The van der Waals surface area contributed by atoms with Crippen LogP contribution >= 0.6 is 27.5 Å². The second-order valence-corrected chi connectivity index (χ2v) is 7.31. The normalized spacial score (nSPS) is 13.9. The molecule has 0 saturated heterocycles. The van der Waals surface area contributed by atoms with Gasteiger partial charge in [-0.25, -0.2) is 4.79 Å². The van der Waals surface area contributed by atoms with Crippen LogP contribution in [0.5, 0.6) is 11.5 Å². The quantitative estimate of drug-likeness (QED) is 0.279. The Labute approximate surface area is 174 Å². The summed E-state index contributed by atoms with van der Waals surface area (Å²) in [6.07, 6.45) is 1.63. The average molecular weight is 456 g/mol. The van der Waals surface area contributed by atoms with E-state index in [4.69, 9.17) is 21.1 Å². The van der Waals surface area contributed by atoms with Crippen LogP contribution in [-0.4, -0.2) is 11.8 Å². The van der Waals surface area contributed by atoms with Gasteiger partial charge in [0.25, 0.3) is 0 Å². The van der Waals surface area contributed by atoms with Crippen molar-refractivity contribution in [2.45, 2.75) is 0 Å². The number of rotatable bonds is 3. The first-order chi connectivity index (χ1) is 13.5. The third-order valence-electron chi connectivity index (χ3n) is 4.09. The van der Waals surface area contributed by atoms with Gasteiger partial charge in [0.2, 0.25) is 5.78 Å². The Bertz CT molecular complexity index is 1140. The molecule has 0 radical (unpaired) electrons. The molecule has 0 amide bonds. The van der Waals surface area contributed by atoms with Gasteiger partial charge in [-0.15, -0.1) is 0 Å². The summed E-state index contributed by atoms with van der Waals surface area (Å²) in [6, 6.07) is 18.8. The number of hydrogen-bond acceptors (Lipinski definition) is 4. The van der Waals surface area contributed by atoms with E-state index < -0.39 is 5.97 Å². The average Bonchev–Trinajstić information content (AvgIpc) is 2.97. The highest BCUT2D eigenvalue weighted by Crippen LogP contribution is 2.35. The highest BCUT2D eigenvalue weighted by molar-refractivity contribution is 9.10. The number of carbonyl (C=O) groups is 2. The number of Topliss-reactive ketones (excluding diaryl/α,β-unsaturated/α-hetero) is 1. The fraction of sp³-hybridized carbons (Fsp3) is 0. The molecule has 6 heteroatoms. The first-order valence-corrected chi connectivity index (χ1v) is 9.49. The van der Waals surface area contributed by atoms with E-state index in [-0.39, 0.29) is 17.3 Å². The number of esters is 1. The van der Waals surface area contributed by atoms with E-state index in [9.17, 15) is 9.59 Å². The van der Waals surface area contributed by atoms with Crippen molar-refractivity contribution in [2.75, 3.05) is 0 Å². The van der Waals surface area contributed by atoms with Crippen molar-refractivity contribution in [3.8, 4) is 11.5 Å². The Kier molecular flexibility index (Phi) is 5.03. The van der Waals surface area contributed by atoms with E-state index in [2.05, 4.69) is 15.9 Å². The number of hydrogen-bond donors (Lipinski definition) is 0. The summed E-state index contributed by atoms with van der Waals surface area (Å²) in [5, 5.41) is 0.568. The van der Waals surface area contributed by atoms with Crippen LogP contribution in [0.3, 0.4) is 0 Å². The number of allylic oxidation sites excluding steroid dienone is 1. The van der Waals surface area contributed by atoms with Gasteiger partial charge < -0.3 is 9.47 Å². The maximum Gasteiger partial charge on any atom is 0.344 e. The molecule has 0 aliphatic carbocycles. The van der Waals surface area contributed by atoms with E-state index >= 15 is 0 Å². The van der Waals surface area contributed by atoms with Crippen molar-refractivity contribution in [3.63, 3.8) is 0 Å². The molecule has 3 aromatic carbocycles. The molecule has 4 rings (SSSR count). The van der Waals surface area contributed by atoms with Crippen LogP contribution < -0.4 is 9.47 Å². The third kappa shape index (κ3) is 3.72. The van der Waals surface area contributed by atoms with Gasteiger partial charge in [-0.3, -0.25) is 4.79 Å². The number of ether oxygens (including phenoxy) is 2. The molecule has 1 heterocycles. The Morgan fingerprint density at radius 2 is 1.86 bits per heavy atom. The maximum absolute atomic E-state index is 12.5. The molecule has 0 atom stereocenters. The number of benzene rings is 3. The van der Waals surface area contributed by atoms with Crippen LogP contribution in [0.15, 0.2) is 77.0 Å². The van der Waals surface area contributed by atoms with Gasteiger partial charge in [-0.05, 0) is 64.0 Å². The van der Waals surface area contributed by atoms with Crippen LogP contribution in [0, 0.1) is 0 Å². The lowest BCUT2D eigenvalue weighted by molar-refractivity contribution is 0.0733. The van der Waals surface area contributed by atoms with Gasteiger partial charge in [-0.2, -0.15) is 0 Å². The number of carbonyl (C=O) groups excluding carboxylic acids is 2. The zero-order chi connectivity index (χ0) is 19.7. The van der Waals surface area contributed by atoms with Crippen molar-refractivity contribution in [2.24, 2.45) is 0 Å². The topological polar surface area (TPSA) is 52.6 Å².